The minimum absolute atomic E-state index is 0.136. The van der Waals surface area contributed by atoms with Gasteiger partial charge in [0.1, 0.15) is 0 Å². The molecule has 0 fully saturated rings. The number of carboxylic acids is 1. The van der Waals surface area contributed by atoms with Crippen molar-refractivity contribution in [2.24, 2.45) is 0 Å². The van der Waals surface area contributed by atoms with Gasteiger partial charge in [0.25, 0.3) is 5.91 Å². The number of benzene rings is 1. The number of nitrogens with one attached hydrogen (secondary N) is 1. The minimum Gasteiger partial charge on any atom is -0.478 e. The van der Waals surface area contributed by atoms with Gasteiger partial charge in [-0.3, -0.25) is 9.59 Å². The highest BCUT2D eigenvalue weighted by atomic mass is 16.4. The highest BCUT2D eigenvalue weighted by Gasteiger charge is 2.31. The fraction of sp³-hybridized carbons (Fsp3) is 0.154. The second-order valence-corrected chi connectivity index (χ2v) is 4.01. The molecule has 0 aromatic heterocycles. The van der Waals surface area contributed by atoms with Crippen molar-refractivity contribution >= 4 is 29.2 Å². The maximum Gasteiger partial charge on any atom is 0.328 e. The van der Waals surface area contributed by atoms with Gasteiger partial charge < -0.3 is 10.4 Å². The third-order valence-electron chi connectivity index (χ3n) is 2.79. The zero-order valence-electron chi connectivity index (χ0n) is 10.2. The van der Waals surface area contributed by atoms with Crippen LogP contribution in [0.5, 0.6) is 0 Å². The molecule has 0 aliphatic carbocycles. The molecule has 2 amide bonds. The van der Waals surface area contributed by atoms with Gasteiger partial charge in [-0.2, -0.15) is 0 Å². The number of nitrogens with zero attached hydrogens (tertiary/aromatic N) is 1. The van der Waals surface area contributed by atoms with E-state index in [0.29, 0.717) is 5.69 Å². The molecule has 0 unspecified atom stereocenters. The predicted octanol–water partition coefficient (Wildman–Crippen LogP) is 0.785. The molecule has 98 valence electrons. The number of carbonyl (C=O) groups excluding carboxylic acids is 2. The van der Waals surface area contributed by atoms with Gasteiger partial charge in [-0.1, -0.05) is 0 Å². The van der Waals surface area contributed by atoms with Crippen LogP contribution in [0.3, 0.4) is 0 Å². The highest BCUT2D eigenvalue weighted by molar-refractivity contribution is 6.23. The summed E-state index contributed by atoms with van der Waals surface area (Å²) in [7, 11) is 1.76. The van der Waals surface area contributed by atoms with Gasteiger partial charge in [0.15, 0.2) is 0 Å². The van der Waals surface area contributed by atoms with Crippen LogP contribution in [0.4, 0.5) is 11.4 Å². The molecule has 1 heterocycles. The molecule has 0 saturated carbocycles. The van der Waals surface area contributed by atoms with E-state index >= 15 is 0 Å². The van der Waals surface area contributed by atoms with E-state index in [-0.39, 0.29) is 12.3 Å². The molecule has 0 spiro atoms. The molecule has 2 N–H and O–H groups in total. The second kappa shape index (κ2) is 4.93. The standard InChI is InChI=1S/C13H12N2O4/c1-14-9-2-3-10-8(6-9)7-12(17)15(10)11(16)4-5-13(18)19/h2-6,14H,7H2,1H3,(H,18,19)/b5-4+. The van der Waals surface area contributed by atoms with Crippen LogP contribution in [-0.2, 0) is 20.8 Å². The summed E-state index contributed by atoms with van der Waals surface area (Å²) >= 11 is 0. The van der Waals surface area contributed by atoms with Crippen LogP contribution in [0, 0.1) is 0 Å². The highest BCUT2D eigenvalue weighted by Crippen LogP contribution is 2.31. The average molecular weight is 260 g/mol. The van der Waals surface area contributed by atoms with Crippen molar-refractivity contribution in [3.05, 3.63) is 35.9 Å². The number of carboxylic acid groups (broad SMARTS) is 1. The zero-order valence-corrected chi connectivity index (χ0v) is 10.2. The summed E-state index contributed by atoms with van der Waals surface area (Å²) in [6, 6.07) is 5.21. The quantitative estimate of drug-likeness (QED) is 0.784. The largest absolute Gasteiger partial charge is 0.478 e. The summed E-state index contributed by atoms with van der Waals surface area (Å²) < 4.78 is 0. The third-order valence-corrected chi connectivity index (χ3v) is 2.79. The summed E-state index contributed by atoms with van der Waals surface area (Å²) in [5.41, 5.74) is 2.10. The molecule has 2 rings (SSSR count). The zero-order chi connectivity index (χ0) is 14.0. The Labute approximate surface area is 109 Å². The van der Waals surface area contributed by atoms with Crippen molar-refractivity contribution in [3.63, 3.8) is 0 Å². The number of rotatable bonds is 3. The number of imide groups is 1. The summed E-state index contributed by atoms with van der Waals surface area (Å²) in [4.78, 5) is 35.0. The van der Waals surface area contributed by atoms with E-state index < -0.39 is 11.9 Å². The van der Waals surface area contributed by atoms with Crippen LogP contribution in [0.1, 0.15) is 5.56 Å². The Morgan fingerprint density at radius 3 is 2.74 bits per heavy atom. The van der Waals surface area contributed by atoms with E-state index in [1.54, 1.807) is 25.2 Å². The molecule has 0 saturated heterocycles. The number of aliphatic carboxylic acids is 1. The fourth-order valence-corrected chi connectivity index (χ4v) is 1.94. The predicted molar refractivity (Wildman–Crippen MR) is 69.0 cm³/mol. The molecule has 19 heavy (non-hydrogen) atoms. The molecule has 6 heteroatoms. The number of hydrogen-bond donors (Lipinski definition) is 2. The Hall–Kier alpha value is -2.63. The van der Waals surface area contributed by atoms with E-state index in [9.17, 15) is 14.4 Å². The maximum absolute atomic E-state index is 11.8. The van der Waals surface area contributed by atoms with Crippen molar-refractivity contribution in [2.45, 2.75) is 6.42 Å². The Balaban J connectivity index is 2.32. The number of amides is 2. The molecule has 0 radical (unpaired) electrons. The van der Waals surface area contributed by atoms with Gasteiger partial charge in [-0.25, -0.2) is 9.69 Å². The van der Waals surface area contributed by atoms with Crippen LogP contribution < -0.4 is 10.2 Å². The first-order chi connectivity index (χ1) is 9.02. The Morgan fingerprint density at radius 1 is 1.37 bits per heavy atom. The molecule has 1 aliphatic rings. The number of anilines is 2. The van der Waals surface area contributed by atoms with Gasteiger partial charge in [0, 0.05) is 24.9 Å². The lowest BCUT2D eigenvalue weighted by Gasteiger charge is -2.13. The first-order valence-electron chi connectivity index (χ1n) is 5.61. The summed E-state index contributed by atoms with van der Waals surface area (Å²) in [6.07, 6.45) is 1.73. The third kappa shape index (κ3) is 2.47. The molecular formula is C13H12N2O4. The number of fused-ring (bicyclic) bond motifs is 1. The number of hydrogen-bond acceptors (Lipinski definition) is 4. The Morgan fingerprint density at radius 2 is 2.11 bits per heavy atom. The maximum atomic E-state index is 11.8. The lowest BCUT2D eigenvalue weighted by atomic mass is 10.1. The summed E-state index contributed by atoms with van der Waals surface area (Å²) in [6.45, 7) is 0. The van der Waals surface area contributed by atoms with Gasteiger partial charge in [0.2, 0.25) is 5.91 Å². The molecular weight excluding hydrogens is 248 g/mol. The lowest BCUT2D eigenvalue weighted by Crippen LogP contribution is -2.32. The SMILES string of the molecule is CNc1ccc2c(c1)CC(=O)N2C(=O)/C=C/C(=O)O. The minimum atomic E-state index is -1.23. The fourth-order valence-electron chi connectivity index (χ4n) is 1.94. The molecule has 0 atom stereocenters. The van der Waals surface area contributed by atoms with E-state index in [0.717, 1.165) is 28.3 Å². The Bertz CT molecular complexity index is 592. The van der Waals surface area contributed by atoms with E-state index in [2.05, 4.69) is 5.32 Å². The topological polar surface area (TPSA) is 86.7 Å². The van der Waals surface area contributed by atoms with Crippen molar-refractivity contribution in [2.75, 3.05) is 17.3 Å². The van der Waals surface area contributed by atoms with E-state index in [1.165, 1.54) is 0 Å². The van der Waals surface area contributed by atoms with Crippen molar-refractivity contribution in [3.8, 4) is 0 Å². The lowest BCUT2D eigenvalue weighted by molar-refractivity contribution is -0.132. The number of carbonyl (C=O) groups is 3. The molecule has 6 nitrogen and oxygen atoms in total. The van der Waals surface area contributed by atoms with Gasteiger partial charge in [-0.15, -0.1) is 0 Å². The smallest absolute Gasteiger partial charge is 0.328 e. The van der Waals surface area contributed by atoms with Crippen LogP contribution in [0.25, 0.3) is 0 Å². The summed E-state index contributed by atoms with van der Waals surface area (Å²) in [5, 5.41) is 11.4. The monoisotopic (exact) mass is 260 g/mol. The van der Waals surface area contributed by atoms with Crippen LogP contribution >= 0.6 is 0 Å². The van der Waals surface area contributed by atoms with E-state index in [1.807, 2.05) is 0 Å². The van der Waals surface area contributed by atoms with Crippen LogP contribution in [0.2, 0.25) is 0 Å². The first kappa shape index (κ1) is 12.8. The first-order valence-corrected chi connectivity index (χ1v) is 5.61. The van der Waals surface area contributed by atoms with Crippen molar-refractivity contribution in [1.29, 1.82) is 0 Å². The molecule has 1 aromatic carbocycles. The Kier molecular flexibility index (Phi) is 3.33. The molecule has 1 aliphatic heterocycles. The second-order valence-electron chi connectivity index (χ2n) is 4.01. The normalized spacial score (nSPS) is 13.7. The molecule has 0 bridgehead atoms. The van der Waals surface area contributed by atoms with Gasteiger partial charge in [0.05, 0.1) is 12.1 Å². The van der Waals surface area contributed by atoms with Crippen LogP contribution in [0.15, 0.2) is 30.4 Å². The average Bonchev–Trinajstić information content (AvgIpc) is 2.70. The van der Waals surface area contributed by atoms with Crippen molar-refractivity contribution < 1.29 is 19.5 Å². The van der Waals surface area contributed by atoms with Gasteiger partial charge in [-0.05, 0) is 23.8 Å². The summed E-state index contributed by atoms with van der Waals surface area (Å²) in [5.74, 6) is -2.24. The van der Waals surface area contributed by atoms with Crippen LogP contribution in [-0.4, -0.2) is 29.9 Å². The van der Waals surface area contributed by atoms with Crippen molar-refractivity contribution in [1.82, 2.24) is 0 Å². The molecule has 1 aromatic rings. The van der Waals surface area contributed by atoms with Gasteiger partial charge >= 0.3 is 5.97 Å². The van der Waals surface area contributed by atoms with E-state index in [4.69, 9.17) is 5.11 Å².